The van der Waals surface area contributed by atoms with Gasteiger partial charge in [0.25, 0.3) is 11.8 Å². The lowest BCUT2D eigenvalue weighted by Crippen LogP contribution is -2.43. The summed E-state index contributed by atoms with van der Waals surface area (Å²) in [6, 6.07) is 8.91. The van der Waals surface area contributed by atoms with Crippen LogP contribution >= 0.6 is 27.3 Å². The van der Waals surface area contributed by atoms with Crippen LogP contribution in [-0.4, -0.2) is 18.4 Å². The van der Waals surface area contributed by atoms with E-state index in [1.165, 1.54) is 11.3 Å². The Hall–Kier alpha value is -1.86. The van der Waals surface area contributed by atoms with Crippen molar-refractivity contribution in [1.82, 2.24) is 10.9 Å². The number of carbonyl (C=O) groups excluding carboxylic acids is 2. The molecule has 116 valence electrons. The number of benzene rings is 1. The number of rotatable bonds is 4. The zero-order chi connectivity index (χ0) is 16.1. The molecule has 2 rings (SSSR count). The minimum Gasteiger partial charge on any atom is -0.484 e. The number of hydrogen-bond acceptors (Lipinski definition) is 4. The van der Waals surface area contributed by atoms with Gasteiger partial charge in [0.15, 0.2) is 6.61 Å². The van der Waals surface area contributed by atoms with Gasteiger partial charge in [0.1, 0.15) is 5.75 Å². The van der Waals surface area contributed by atoms with Crippen LogP contribution in [0.4, 0.5) is 0 Å². The van der Waals surface area contributed by atoms with Crippen LogP contribution in [0.3, 0.4) is 0 Å². The van der Waals surface area contributed by atoms with E-state index >= 15 is 0 Å². The fourth-order valence-electron chi connectivity index (χ4n) is 1.77. The molecular formula is C15H15BrN2O3S. The van der Waals surface area contributed by atoms with Gasteiger partial charge < -0.3 is 4.74 Å². The van der Waals surface area contributed by atoms with Crippen LogP contribution in [0.1, 0.15) is 20.1 Å². The molecule has 0 bridgehead atoms. The maximum Gasteiger partial charge on any atom is 0.276 e. The van der Waals surface area contributed by atoms with E-state index in [2.05, 4.69) is 26.8 Å². The molecule has 0 aliphatic rings. The molecule has 0 spiro atoms. The van der Waals surface area contributed by atoms with E-state index in [1.54, 1.807) is 18.2 Å². The maximum absolute atomic E-state index is 11.9. The van der Waals surface area contributed by atoms with Crippen molar-refractivity contribution < 1.29 is 14.3 Å². The molecule has 0 fully saturated rings. The van der Waals surface area contributed by atoms with Gasteiger partial charge in [0.2, 0.25) is 0 Å². The number of halogens is 1. The SMILES string of the molecule is Cc1cc(C(=O)NNC(=O)COc2ccc(Br)cc2)c(C)s1. The van der Waals surface area contributed by atoms with Gasteiger partial charge in [-0.1, -0.05) is 15.9 Å². The molecule has 0 radical (unpaired) electrons. The normalized spacial score (nSPS) is 10.1. The van der Waals surface area contributed by atoms with Crippen molar-refractivity contribution >= 4 is 39.1 Å². The van der Waals surface area contributed by atoms with Crippen molar-refractivity contribution in [3.8, 4) is 5.75 Å². The molecule has 0 aliphatic heterocycles. The van der Waals surface area contributed by atoms with Crippen LogP contribution < -0.4 is 15.6 Å². The van der Waals surface area contributed by atoms with Gasteiger partial charge in [-0.25, -0.2) is 0 Å². The summed E-state index contributed by atoms with van der Waals surface area (Å²) in [4.78, 5) is 25.5. The molecule has 1 aromatic carbocycles. The summed E-state index contributed by atoms with van der Waals surface area (Å²) in [6.07, 6.45) is 0. The number of hydrogen-bond donors (Lipinski definition) is 2. The molecule has 2 aromatic rings. The predicted octanol–water partition coefficient (Wildman–Crippen LogP) is 2.97. The first kappa shape index (κ1) is 16.5. The summed E-state index contributed by atoms with van der Waals surface area (Å²) in [5, 5.41) is 0. The molecule has 0 saturated carbocycles. The minimum atomic E-state index is -0.430. The summed E-state index contributed by atoms with van der Waals surface area (Å²) < 4.78 is 6.24. The standard InChI is InChI=1S/C15H15BrN2O3S/c1-9-7-13(10(2)22-9)15(20)18-17-14(19)8-21-12-5-3-11(16)4-6-12/h3-7H,8H2,1-2H3,(H,17,19)(H,18,20). The Morgan fingerprint density at radius 1 is 1.18 bits per heavy atom. The van der Waals surface area contributed by atoms with Crippen LogP contribution in [0.25, 0.3) is 0 Å². The first-order chi connectivity index (χ1) is 10.5. The average molecular weight is 383 g/mol. The summed E-state index contributed by atoms with van der Waals surface area (Å²) in [6.45, 7) is 3.62. The zero-order valence-corrected chi connectivity index (χ0v) is 14.5. The predicted molar refractivity (Wildman–Crippen MR) is 89.0 cm³/mol. The van der Waals surface area contributed by atoms with E-state index in [0.29, 0.717) is 11.3 Å². The number of hydrazine groups is 1. The molecule has 2 N–H and O–H groups in total. The highest BCUT2D eigenvalue weighted by Gasteiger charge is 2.12. The van der Waals surface area contributed by atoms with E-state index in [1.807, 2.05) is 26.0 Å². The number of thiophene rings is 1. The Balaban J connectivity index is 1.79. The van der Waals surface area contributed by atoms with Crippen LogP contribution in [0.15, 0.2) is 34.8 Å². The first-order valence-corrected chi connectivity index (χ1v) is 8.11. The van der Waals surface area contributed by atoms with Crippen molar-refractivity contribution in [2.45, 2.75) is 13.8 Å². The molecule has 0 atom stereocenters. The lowest BCUT2D eigenvalue weighted by molar-refractivity contribution is -0.123. The third-order valence-electron chi connectivity index (χ3n) is 2.78. The molecule has 5 nitrogen and oxygen atoms in total. The van der Waals surface area contributed by atoms with Gasteiger partial charge in [-0.05, 0) is 44.2 Å². The van der Waals surface area contributed by atoms with E-state index in [-0.39, 0.29) is 12.5 Å². The minimum absolute atomic E-state index is 0.177. The van der Waals surface area contributed by atoms with Crippen molar-refractivity contribution in [3.63, 3.8) is 0 Å². The second-order valence-corrected chi connectivity index (χ2v) is 6.95. The van der Waals surface area contributed by atoms with Gasteiger partial charge in [0.05, 0.1) is 5.56 Å². The quantitative estimate of drug-likeness (QED) is 0.798. The molecule has 0 aliphatic carbocycles. The fourth-order valence-corrected chi connectivity index (χ4v) is 2.95. The fraction of sp³-hybridized carbons (Fsp3) is 0.200. The van der Waals surface area contributed by atoms with E-state index < -0.39 is 5.91 Å². The second-order valence-electron chi connectivity index (χ2n) is 4.57. The Kier molecular flexibility index (Phi) is 5.57. The Morgan fingerprint density at radius 3 is 2.45 bits per heavy atom. The summed E-state index contributed by atoms with van der Waals surface area (Å²) in [5.41, 5.74) is 5.28. The van der Waals surface area contributed by atoms with Crippen molar-refractivity contribution in [2.75, 3.05) is 6.61 Å². The lowest BCUT2D eigenvalue weighted by atomic mass is 10.2. The molecule has 1 aromatic heterocycles. The monoisotopic (exact) mass is 382 g/mol. The largest absolute Gasteiger partial charge is 0.484 e. The van der Waals surface area contributed by atoms with Gasteiger partial charge >= 0.3 is 0 Å². The Labute approximate surface area is 140 Å². The molecule has 1 heterocycles. The van der Waals surface area contributed by atoms with E-state index in [0.717, 1.165) is 14.2 Å². The summed E-state index contributed by atoms with van der Waals surface area (Å²) >= 11 is 4.85. The number of aryl methyl sites for hydroxylation is 2. The number of nitrogens with one attached hydrogen (secondary N) is 2. The Bertz CT molecular complexity index is 683. The highest BCUT2D eigenvalue weighted by Crippen LogP contribution is 2.20. The zero-order valence-electron chi connectivity index (χ0n) is 12.1. The third-order valence-corrected chi connectivity index (χ3v) is 4.28. The van der Waals surface area contributed by atoms with E-state index in [4.69, 9.17) is 4.74 Å². The topological polar surface area (TPSA) is 67.4 Å². The second kappa shape index (κ2) is 7.42. The van der Waals surface area contributed by atoms with Crippen LogP contribution in [0.2, 0.25) is 0 Å². The average Bonchev–Trinajstić information content (AvgIpc) is 2.83. The molecule has 7 heteroatoms. The van der Waals surface area contributed by atoms with Gasteiger partial charge in [-0.2, -0.15) is 0 Å². The Morgan fingerprint density at radius 2 is 1.86 bits per heavy atom. The highest BCUT2D eigenvalue weighted by molar-refractivity contribution is 9.10. The van der Waals surface area contributed by atoms with Crippen molar-refractivity contribution in [1.29, 1.82) is 0 Å². The molecule has 0 unspecified atom stereocenters. The number of amides is 2. The van der Waals surface area contributed by atoms with Crippen LogP contribution in [0, 0.1) is 13.8 Å². The summed E-state index contributed by atoms with van der Waals surface area (Å²) in [7, 11) is 0. The van der Waals surface area contributed by atoms with Gasteiger partial charge in [-0.15, -0.1) is 11.3 Å². The number of carbonyl (C=O) groups is 2. The highest BCUT2D eigenvalue weighted by atomic mass is 79.9. The van der Waals surface area contributed by atoms with Crippen molar-refractivity contribution in [3.05, 3.63) is 50.1 Å². The molecular weight excluding hydrogens is 368 g/mol. The smallest absolute Gasteiger partial charge is 0.276 e. The lowest BCUT2D eigenvalue weighted by Gasteiger charge is -2.08. The number of ether oxygens (including phenoxy) is 1. The van der Waals surface area contributed by atoms with Gasteiger partial charge in [0, 0.05) is 14.2 Å². The molecule has 0 saturated heterocycles. The molecule has 22 heavy (non-hydrogen) atoms. The first-order valence-electron chi connectivity index (χ1n) is 6.50. The third kappa shape index (κ3) is 4.57. The molecule has 2 amide bonds. The summed E-state index contributed by atoms with van der Waals surface area (Å²) in [5.74, 6) is -0.186. The maximum atomic E-state index is 11.9. The van der Waals surface area contributed by atoms with Crippen LogP contribution in [0.5, 0.6) is 5.75 Å². The van der Waals surface area contributed by atoms with Crippen molar-refractivity contribution in [2.24, 2.45) is 0 Å². The van der Waals surface area contributed by atoms with Gasteiger partial charge in [-0.3, -0.25) is 20.4 Å². The van der Waals surface area contributed by atoms with E-state index in [9.17, 15) is 9.59 Å². The van der Waals surface area contributed by atoms with Crippen LogP contribution in [-0.2, 0) is 4.79 Å².